The molecule has 0 saturated heterocycles. The van der Waals surface area contributed by atoms with Crippen molar-refractivity contribution >= 4 is 34.9 Å². The van der Waals surface area contributed by atoms with Gasteiger partial charge in [-0.05, 0) is 13.8 Å². The fourth-order valence-electron chi connectivity index (χ4n) is 1.22. The minimum absolute atomic E-state index is 0.132. The number of aliphatic hydroxyl groups is 1. The Balaban J connectivity index is 2.40. The third kappa shape index (κ3) is 6.09. The second-order valence-electron chi connectivity index (χ2n) is 4.57. The topological polar surface area (TPSA) is 88.3 Å². The number of hydrogen-bond acceptors (Lipinski definition) is 6. The van der Waals surface area contributed by atoms with Crippen LogP contribution in [0.25, 0.3) is 0 Å². The second-order valence-corrected chi connectivity index (χ2v) is 6.09. The van der Waals surface area contributed by atoms with Gasteiger partial charge in [0.05, 0.1) is 15.5 Å². The molecule has 6 nitrogen and oxygen atoms in total. The first-order valence-electron chi connectivity index (χ1n) is 5.63. The molecule has 0 aliphatic heterocycles. The fourth-order valence-corrected chi connectivity index (χ4v) is 2.34. The van der Waals surface area contributed by atoms with Crippen LogP contribution in [0.3, 0.4) is 0 Å². The lowest BCUT2D eigenvalue weighted by Gasteiger charge is -2.16. The first-order chi connectivity index (χ1) is 8.79. The van der Waals surface area contributed by atoms with Gasteiger partial charge in [0.25, 0.3) is 5.69 Å². The van der Waals surface area contributed by atoms with Gasteiger partial charge in [0.15, 0.2) is 0 Å². The van der Waals surface area contributed by atoms with E-state index in [4.69, 9.17) is 11.6 Å². The smallest absolute Gasteiger partial charge is 0.289 e. The van der Waals surface area contributed by atoms with Gasteiger partial charge in [-0.15, -0.1) is 0 Å². The lowest BCUT2D eigenvalue weighted by Crippen LogP contribution is -2.22. The van der Waals surface area contributed by atoms with E-state index < -0.39 is 10.5 Å². The lowest BCUT2D eigenvalue weighted by atomic mass is 10.2. The van der Waals surface area contributed by atoms with E-state index in [-0.39, 0.29) is 10.7 Å². The molecule has 0 aromatic carbocycles. The zero-order valence-electron chi connectivity index (χ0n) is 10.7. The molecule has 0 aliphatic carbocycles. The van der Waals surface area contributed by atoms with Crippen LogP contribution in [-0.4, -0.2) is 38.7 Å². The maximum absolute atomic E-state index is 10.5. The van der Waals surface area contributed by atoms with Gasteiger partial charge >= 0.3 is 0 Å². The molecule has 8 heteroatoms. The van der Waals surface area contributed by atoms with E-state index in [2.05, 4.69) is 10.3 Å². The Morgan fingerprint density at radius 3 is 2.84 bits per heavy atom. The van der Waals surface area contributed by atoms with Crippen molar-refractivity contribution in [2.45, 2.75) is 19.4 Å². The number of nitro groups is 1. The number of nitrogens with one attached hydrogen (secondary N) is 1. The minimum Gasteiger partial charge on any atom is -0.390 e. The zero-order chi connectivity index (χ0) is 14.5. The number of halogens is 1. The van der Waals surface area contributed by atoms with E-state index in [0.717, 1.165) is 11.9 Å². The highest BCUT2D eigenvalue weighted by atomic mass is 35.5. The molecular formula is C11H16ClN3O3S. The van der Waals surface area contributed by atoms with Gasteiger partial charge in [-0.1, -0.05) is 11.6 Å². The van der Waals surface area contributed by atoms with Crippen LogP contribution in [0, 0.1) is 10.1 Å². The van der Waals surface area contributed by atoms with Crippen LogP contribution < -0.4 is 5.32 Å². The van der Waals surface area contributed by atoms with Gasteiger partial charge in [-0.2, -0.15) is 11.8 Å². The van der Waals surface area contributed by atoms with Gasteiger partial charge in [0, 0.05) is 24.1 Å². The molecule has 19 heavy (non-hydrogen) atoms. The summed E-state index contributed by atoms with van der Waals surface area (Å²) in [5.41, 5.74) is -0.819. The van der Waals surface area contributed by atoms with Crippen molar-refractivity contribution in [3.05, 3.63) is 27.4 Å². The summed E-state index contributed by atoms with van der Waals surface area (Å²) in [6, 6.07) is 1.26. The third-order valence-corrected chi connectivity index (χ3v) is 3.72. The van der Waals surface area contributed by atoms with Crippen molar-refractivity contribution in [3.8, 4) is 0 Å². The van der Waals surface area contributed by atoms with Crippen LogP contribution in [0.15, 0.2) is 12.3 Å². The molecule has 0 unspecified atom stereocenters. The molecule has 0 bridgehead atoms. The molecular weight excluding hydrogens is 290 g/mol. The van der Waals surface area contributed by atoms with Crippen molar-refractivity contribution < 1.29 is 10.0 Å². The van der Waals surface area contributed by atoms with E-state index >= 15 is 0 Å². The first kappa shape index (κ1) is 16.0. The summed E-state index contributed by atoms with van der Waals surface area (Å²) in [7, 11) is 0. The van der Waals surface area contributed by atoms with Crippen molar-refractivity contribution in [2.75, 3.05) is 23.4 Å². The van der Waals surface area contributed by atoms with Crippen LogP contribution in [0.4, 0.5) is 11.5 Å². The molecule has 2 N–H and O–H groups in total. The summed E-state index contributed by atoms with van der Waals surface area (Å²) in [6.45, 7) is 4.12. The molecule has 0 aliphatic rings. The average Bonchev–Trinajstić information content (AvgIpc) is 2.28. The molecule has 0 saturated carbocycles. The minimum atomic E-state index is -0.687. The Hall–Kier alpha value is -1.05. The SMILES string of the molecule is CC(C)(O)CSCCNc1ncc([N+](=O)[O-])cc1Cl. The number of rotatable bonds is 7. The van der Waals surface area contributed by atoms with Crippen LogP contribution in [0.5, 0.6) is 0 Å². The summed E-state index contributed by atoms with van der Waals surface area (Å²) in [4.78, 5) is 13.9. The number of aromatic nitrogens is 1. The zero-order valence-corrected chi connectivity index (χ0v) is 12.3. The number of nitrogens with zero attached hydrogens (tertiary/aromatic N) is 2. The van der Waals surface area contributed by atoms with E-state index in [1.807, 2.05) is 0 Å². The Labute approximate surface area is 120 Å². The first-order valence-corrected chi connectivity index (χ1v) is 7.17. The maximum Gasteiger partial charge on any atom is 0.289 e. The summed E-state index contributed by atoms with van der Waals surface area (Å²) in [6.07, 6.45) is 1.16. The number of hydrogen-bond donors (Lipinski definition) is 2. The average molecular weight is 306 g/mol. The van der Waals surface area contributed by atoms with Crippen LogP contribution >= 0.6 is 23.4 Å². The fraction of sp³-hybridized carbons (Fsp3) is 0.545. The molecule has 1 rings (SSSR count). The van der Waals surface area contributed by atoms with E-state index in [0.29, 0.717) is 18.1 Å². The van der Waals surface area contributed by atoms with E-state index in [1.54, 1.807) is 25.6 Å². The lowest BCUT2D eigenvalue weighted by molar-refractivity contribution is -0.385. The van der Waals surface area contributed by atoms with Crippen LogP contribution in [0.1, 0.15) is 13.8 Å². The second kappa shape index (κ2) is 6.93. The normalized spacial score (nSPS) is 11.4. The molecule has 0 atom stereocenters. The van der Waals surface area contributed by atoms with E-state index in [1.165, 1.54) is 6.07 Å². The van der Waals surface area contributed by atoms with Crippen LogP contribution in [-0.2, 0) is 0 Å². The molecule has 1 aromatic heterocycles. The largest absolute Gasteiger partial charge is 0.390 e. The standard InChI is InChI=1S/C11H16ClN3O3S/c1-11(2,16)7-19-4-3-13-10-9(12)5-8(6-14-10)15(17)18/h5-6,16H,3-4,7H2,1-2H3,(H,13,14). The van der Waals surface area contributed by atoms with Crippen molar-refractivity contribution in [1.29, 1.82) is 0 Å². The summed E-state index contributed by atoms with van der Waals surface area (Å²) < 4.78 is 0. The number of anilines is 1. The molecule has 0 amide bonds. The monoisotopic (exact) mass is 305 g/mol. The van der Waals surface area contributed by atoms with Gasteiger partial charge in [-0.25, -0.2) is 4.98 Å². The number of pyridine rings is 1. The Morgan fingerprint density at radius 1 is 1.63 bits per heavy atom. The van der Waals surface area contributed by atoms with Gasteiger partial charge in [0.2, 0.25) is 0 Å². The molecule has 106 valence electrons. The predicted octanol–water partition coefficient (Wildman–Crippen LogP) is 2.56. The van der Waals surface area contributed by atoms with Gasteiger partial charge in [0.1, 0.15) is 12.0 Å². The van der Waals surface area contributed by atoms with Crippen LogP contribution in [0.2, 0.25) is 5.02 Å². The van der Waals surface area contributed by atoms with E-state index in [9.17, 15) is 15.2 Å². The summed E-state index contributed by atoms with van der Waals surface area (Å²) in [5, 5.41) is 23.3. The number of thioether (sulfide) groups is 1. The van der Waals surface area contributed by atoms with Gasteiger partial charge < -0.3 is 10.4 Å². The quantitative estimate of drug-likeness (QED) is 0.457. The Kier molecular flexibility index (Phi) is 5.84. The Bertz CT molecular complexity index is 451. The van der Waals surface area contributed by atoms with Crippen molar-refractivity contribution in [1.82, 2.24) is 4.98 Å². The predicted molar refractivity (Wildman–Crippen MR) is 78.0 cm³/mol. The highest BCUT2D eigenvalue weighted by Gasteiger charge is 2.12. The third-order valence-electron chi connectivity index (χ3n) is 2.03. The maximum atomic E-state index is 10.5. The molecule has 1 heterocycles. The van der Waals surface area contributed by atoms with Gasteiger partial charge in [-0.3, -0.25) is 10.1 Å². The van der Waals surface area contributed by atoms with Crippen molar-refractivity contribution in [2.24, 2.45) is 0 Å². The summed E-state index contributed by atoms with van der Waals surface area (Å²) in [5.74, 6) is 1.84. The highest BCUT2D eigenvalue weighted by molar-refractivity contribution is 7.99. The summed E-state index contributed by atoms with van der Waals surface area (Å²) >= 11 is 7.48. The van der Waals surface area contributed by atoms with Crippen molar-refractivity contribution in [3.63, 3.8) is 0 Å². The molecule has 1 aromatic rings. The molecule has 0 fully saturated rings. The molecule has 0 spiro atoms. The highest BCUT2D eigenvalue weighted by Crippen LogP contribution is 2.23. The Morgan fingerprint density at radius 2 is 2.32 bits per heavy atom. The molecule has 0 radical (unpaired) electrons.